The molecule has 4 nitrogen and oxygen atoms in total. The van der Waals surface area contributed by atoms with Crippen LogP contribution in [0.4, 0.5) is 4.79 Å². The molecule has 1 heterocycles. The second kappa shape index (κ2) is 10.1. The second-order valence-corrected chi connectivity index (χ2v) is 15.1. The Morgan fingerprint density at radius 3 is 2.41 bits per heavy atom. The number of hydrogen-bond acceptors (Lipinski definition) is 3. The lowest BCUT2D eigenvalue weighted by Gasteiger charge is -2.43. The van der Waals surface area contributed by atoms with E-state index in [1.54, 1.807) is 0 Å². The molecule has 0 spiro atoms. The van der Waals surface area contributed by atoms with Gasteiger partial charge < -0.3 is 14.1 Å². The highest BCUT2D eigenvalue weighted by Gasteiger charge is 2.38. The first-order chi connectivity index (χ1) is 13.5. The maximum Gasteiger partial charge on any atom is 0.410 e. The van der Waals surface area contributed by atoms with Gasteiger partial charge in [-0.25, -0.2) is 4.79 Å². The summed E-state index contributed by atoms with van der Waals surface area (Å²) >= 11 is 0. The lowest BCUT2D eigenvalue weighted by Crippen LogP contribution is -2.51. The van der Waals surface area contributed by atoms with Gasteiger partial charge in [0.25, 0.3) is 0 Å². The number of amides is 1. The molecule has 1 fully saturated rings. The Labute approximate surface area is 179 Å². The van der Waals surface area contributed by atoms with Crippen molar-refractivity contribution in [3.63, 3.8) is 0 Å². The summed E-state index contributed by atoms with van der Waals surface area (Å²) in [5.74, 6) is 0.634. The van der Waals surface area contributed by atoms with Crippen LogP contribution in [0.1, 0.15) is 65.9 Å². The fraction of sp³-hybridized carbons (Fsp3) is 0.708. The summed E-state index contributed by atoms with van der Waals surface area (Å²) in [5, 5.41) is 0.230. The number of nitrogens with zero attached hydrogens (tertiary/aromatic N) is 1. The maximum atomic E-state index is 12.9. The Hall–Kier alpha value is -1.33. The number of hydrogen-bond donors (Lipinski definition) is 0. The van der Waals surface area contributed by atoms with E-state index in [1.807, 2.05) is 35.2 Å². The third kappa shape index (κ3) is 6.85. The van der Waals surface area contributed by atoms with Crippen molar-refractivity contribution in [2.75, 3.05) is 6.61 Å². The standard InChI is InChI=1S/C24H41NO3Si/c1-19-16-20(2)25(23(26)27-18-21-12-9-8-10-13-21)22(17-19)14-11-15-28-29(6,7)24(3,4)5/h8-10,12-13,19-20,22H,11,14-18H2,1-7H3/t19-,20-,22-/m1/s1. The van der Waals surface area contributed by atoms with Gasteiger partial charge in [-0.15, -0.1) is 0 Å². The summed E-state index contributed by atoms with van der Waals surface area (Å²) in [6.07, 6.45) is 3.87. The molecule has 1 aliphatic heterocycles. The number of benzene rings is 1. The van der Waals surface area contributed by atoms with Crippen LogP contribution in [0, 0.1) is 5.92 Å². The fourth-order valence-corrected chi connectivity index (χ4v) is 5.06. The van der Waals surface area contributed by atoms with E-state index in [0.29, 0.717) is 12.5 Å². The topological polar surface area (TPSA) is 38.8 Å². The summed E-state index contributed by atoms with van der Waals surface area (Å²) in [5.41, 5.74) is 1.03. The van der Waals surface area contributed by atoms with E-state index in [1.165, 1.54) is 0 Å². The summed E-state index contributed by atoms with van der Waals surface area (Å²) in [7, 11) is -1.71. The Morgan fingerprint density at radius 1 is 1.14 bits per heavy atom. The summed E-state index contributed by atoms with van der Waals surface area (Å²) in [6.45, 7) is 17.0. The molecule has 164 valence electrons. The van der Waals surface area contributed by atoms with Gasteiger partial charge >= 0.3 is 6.09 Å². The molecule has 2 rings (SSSR count). The van der Waals surface area contributed by atoms with Crippen molar-refractivity contribution >= 4 is 14.4 Å². The van der Waals surface area contributed by atoms with Crippen LogP contribution in [-0.2, 0) is 15.8 Å². The predicted molar refractivity (Wildman–Crippen MR) is 122 cm³/mol. The van der Waals surface area contributed by atoms with Crippen LogP contribution in [0.5, 0.6) is 0 Å². The molecule has 0 unspecified atom stereocenters. The molecule has 0 radical (unpaired) electrons. The third-order valence-electron chi connectivity index (χ3n) is 6.65. The summed E-state index contributed by atoms with van der Waals surface area (Å²) in [6, 6.07) is 10.4. The molecule has 1 saturated heterocycles. The maximum absolute atomic E-state index is 12.9. The SMILES string of the molecule is C[C@H]1C[C@@H](CCCO[Si](C)(C)C(C)(C)C)N(C(=O)OCc2ccccc2)[C@H](C)C1. The van der Waals surface area contributed by atoms with Gasteiger partial charge in [0.15, 0.2) is 8.32 Å². The minimum atomic E-state index is -1.71. The molecule has 1 aromatic rings. The van der Waals surface area contributed by atoms with Crippen LogP contribution in [0.25, 0.3) is 0 Å². The van der Waals surface area contributed by atoms with Gasteiger partial charge in [0, 0.05) is 18.7 Å². The van der Waals surface area contributed by atoms with Gasteiger partial charge in [-0.05, 0) is 62.2 Å². The van der Waals surface area contributed by atoms with Crippen LogP contribution >= 0.6 is 0 Å². The number of rotatable bonds is 7. The third-order valence-corrected chi connectivity index (χ3v) is 11.2. The van der Waals surface area contributed by atoms with E-state index in [-0.39, 0.29) is 23.2 Å². The molecule has 5 heteroatoms. The smallest absolute Gasteiger partial charge is 0.410 e. The molecule has 1 aromatic carbocycles. The average Bonchev–Trinajstić information content (AvgIpc) is 2.63. The Kier molecular flexibility index (Phi) is 8.35. The van der Waals surface area contributed by atoms with E-state index >= 15 is 0 Å². The molecule has 1 aliphatic rings. The van der Waals surface area contributed by atoms with E-state index in [0.717, 1.165) is 37.9 Å². The van der Waals surface area contributed by atoms with Crippen molar-refractivity contribution in [2.24, 2.45) is 5.92 Å². The van der Waals surface area contributed by atoms with E-state index in [4.69, 9.17) is 9.16 Å². The molecular weight excluding hydrogens is 378 g/mol. The zero-order valence-electron chi connectivity index (χ0n) is 19.5. The summed E-state index contributed by atoms with van der Waals surface area (Å²) in [4.78, 5) is 14.9. The van der Waals surface area contributed by atoms with Crippen molar-refractivity contribution in [3.05, 3.63) is 35.9 Å². The van der Waals surface area contributed by atoms with E-state index in [9.17, 15) is 4.79 Å². The normalized spacial score (nSPS) is 23.1. The molecular formula is C24H41NO3Si. The fourth-order valence-electron chi connectivity index (χ4n) is 3.97. The van der Waals surface area contributed by atoms with Crippen molar-refractivity contribution in [2.45, 2.75) is 97.1 Å². The number of piperidine rings is 1. The van der Waals surface area contributed by atoms with Crippen molar-refractivity contribution in [1.29, 1.82) is 0 Å². The van der Waals surface area contributed by atoms with Crippen molar-refractivity contribution in [1.82, 2.24) is 4.90 Å². The largest absolute Gasteiger partial charge is 0.445 e. The minimum Gasteiger partial charge on any atom is -0.445 e. The van der Waals surface area contributed by atoms with Gasteiger partial charge in [-0.3, -0.25) is 0 Å². The Morgan fingerprint density at radius 2 is 1.79 bits per heavy atom. The first kappa shape index (κ1) is 23.9. The van der Waals surface area contributed by atoms with Gasteiger partial charge in [-0.1, -0.05) is 58.0 Å². The molecule has 29 heavy (non-hydrogen) atoms. The summed E-state index contributed by atoms with van der Waals surface area (Å²) < 4.78 is 12.0. The monoisotopic (exact) mass is 419 g/mol. The van der Waals surface area contributed by atoms with Gasteiger partial charge in [0.1, 0.15) is 6.61 Å². The Balaban J connectivity index is 1.91. The zero-order valence-corrected chi connectivity index (χ0v) is 20.5. The first-order valence-corrected chi connectivity index (χ1v) is 14.0. The molecule has 0 aromatic heterocycles. The minimum absolute atomic E-state index is 0.177. The molecule has 3 atom stereocenters. The van der Waals surface area contributed by atoms with Crippen LogP contribution in [-0.4, -0.2) is 38.0 Å². The highest BCUT2D eigenvalue weighted by Crippen LogP contribution is 2.37. The Bertz CT molecular complexity index is 641. The zero-order chi connectivity index (χ0) is 21.7. The van der Waals surface area contributed by atoms with E-state index in [2.05, 4.69) is 47.7 Å². The molecule has 0 bridgehead atoms. The van der Waals surface area contributed by atoms with Crippen LogP contribution in [0.15, 0.2) is 30.3 Å². The van der Waals surface area contributed by atoms with Crippen LogP contribution in [0.3, 0.4) is 0 Å². The predicted octanol–water partition coefficient (Wildman–Crippen LogP) is 6.61. The van der Waals surface area contributed by atoms with Crippen molar-refractivity contribution in [3.8, 4) is 0 Å². The van der Waals surface area contributed by atoms with Gasteiger partial charge in [0.2, 0.25) is 0 Å². The number of carbonyl (C=O) groups excluding carboxylic acids is 1. The molecule has 0 N–H and O–H groups in total. The molecule has 0 aliphatic carbocycles. The van der Waals surface area contributed by atoms with Gasteiger partial charge in [-0.2, -0.15) is 0 Å². The highest BCUT2D eigenvalue weighted by molar-refractivity contribution is 6.74. The van der Waals surface area contributed by atoms with E-state index < -0.39 is 8.32 Å². The number of likely N-dealkylation sites (tertiary alicyclic amines) is 1. The first-order valence-electron chi connectivity index (χ1n) is 11.1. The number of ether oxygens (including phenoxy) is 1. The van der Waals surface area contributed by atoms with Crippen LogP contribution in [0.2, 0.25) is 18.1 Å². The average molecular weight is 420 g/mol. The quantitative estimate of drug-likeness (QED) is 0.368. The van der Waals surface area contributed by atoms with Crippen LogP contribution < -0.4 is 0 Å². The molecule has 0 saturated carbocycles. The second-order valence-electron chi connectivity index (χ2n) is 10.3. The van der Waals surface area contributed by atoms with Crippen molar-refractivity contribution < 1.29 is 14.0 Å². The highest BCUT2D eigenvalue weighted by atomic mass is 28.4. The van der Waals surface area contributed by atoms with Gasteiger partial charge in [0.05, 0.1) is 0 Å². The lowest BCUT2D eigenvalue weighted by molar-refractivity contribution is 0.0299. The number of carbonyl (C=O) groups is 1. The molecule has 1 amide bonds. The lowest BCUT2D eigenvalue weighted by atomic mass is 9.86.